The molecule has 0 saturated heterocycles. The Morgan fingerprint density at radius 1 is 1.27 bits per heavy atom. The minimum absolute atomic E-state index is 0.414. The van der Waals surface area contributed by atoms with E-state index in [4.69, 9.17) is 10.6 Å². The Bertz CT molecular complexity index is 327. The normalized spacial score (nSPS) is 11.1. The standard InChI is InChI=1S/C11H16N2O2/c1-11(2,3)15-13(8-14)10-6-4-9(12)5-7-10/h4-8H,12H2,1-3H3. The van der Waals surface area contributed by atoms with Gasteiger partial charge in [0.25, 0.3) is 0 Å². The summed E-state index contributed by atoms with van der Waals surface area (Å²) in [6, 6.07) is 6.90. The molecule has 0 spiro atoms. The van der Waals surface area contributed by atoms with Gasteiger partial charge in [-0.2, -0.15) is 5.06 Å². The van der Waals surface area contributed by atoms with Gasteiger partial charge in [-0.05, 0) is 45.0 Å². The molecule has 0 fully saturated rings. The zero-order valence-electron chi connectivity index (χ0n) is 9.23. The van der Waals surface area contributed by atoms with E-state index in [0.717, 1.165) is 0 Å². The fraction of sp³-hybridized carbons (Fsp3) is 0.364. The predicted octanol–water partition coefficient (Wildman–Crippen LogP) is 1.96. The minimum Gasteiger partial charge on any atom is -0.399 e. The lowest BCUT2D eigenvalue weighted by atomic mass is 10.2. The third-order valence-electron chi connectivity index (χ3n) is 1.62. The van der Waals surface area contributed by atoms with Gasteiger partial charge in [0.2, 0.25) is 6.41 Å². The fourth-order valence-electron chi connectivity index (χ4n) is 1.05. The van der Waals surface area contributed by atoms with Gasteiger partial charge in [-0.25, -0.2) is 0 Å². The second-order valence-corrected chi connectivity index (χ2v) is 4.23. The van der Waals surface area contributed by atoms with Crippen molar-refractivity contribution in [3.05, 3.63) is 24.3 Å². The van der Waals surface area contributed by atoms with Crippen molar-refractivity contribution in [3.63, 3.8) is 0 Å². The molecule has 0 radical (unpaired) electrons. The highest BCUT2D eigenvalue weighted by Gasteiger charge is 2.17. The third kappa shape index (κ3) is 3.59. The van der Waals surface area contributed by atoms with Crippen LogP contribution in [0.4, 0.5) is 11.4 Å². The summed E-state index contributed by atoms with van der Waals surface area (Å²) in [5, 5.41) is 1.19. The maximum atomic E-state index is 10.8. The van der Waals surface area contributed by atoms with Crippen LogP contribution >= 0.6 is 0 Å². The van der Waals surface area contributed by atoms with E-state index in [-0.39, 0.29) is 0 Å². The number of anilines is 2. The predicted molar refractivity (Wildman–Crippen MR) is 60.2 cm³/mol. The summed E-state index contributed by atoms with van der Waals surface area (Å²) in [5.41, 5.74) is 6.45. The molecule has 0 unspecified atom stereocenters. The van der Waals surface area contributed by atoms with Crippen molar-refractivity contribution in [1.82, 2.24) is 0 Å². The average Bonchev–Trinajstić information content (AvgIpc) is 2.14. The highest BCUT2D eigenvalue weighted by molar-refractivity contribution is 5.72. The van der Waals surface area contributed by atoms with E-state index in [1.54, 1.807) is 24.3 Å². The van der Waals surface area contributed by atoms with E-state index in [1.165, 1.54) is 5.06 Å². The van der Waals surface area contributed by atoms with Gasteiger partial charge in [-0.3, -0.25) is 9.63 Å². The zero-order valence-corrected chi connectivity index (χ0v) is 9.23. The van der Waals surface area contributed by atoms with Gasteiger partial charge in [0, 0.05) is 5.69 Å². The third-order valence-corrected chi connectivity index (χ3v) is 1.62. The van der Waals surface area contributed by atoms with E-state index >= 15 is 0 Å². The first-order valence-corrected chi connectivity index (χ1v) is 4.71. The number of hydrogen-bond donors (Lipinski definition) is 1. The minimum atomic E-state index is -0.414. The van der Waals surface area contributed by atoms with Crippen molar-refractivity contribution >= 4 is 17.8 Å². The number of hydrogen-bond acceptors (Lipinski definition) is 3. The lowest BCUT2D eigenvalue weighted by Gasteiger charge is -2.26. The largest absolute Gasteiger partial charge is 0.399 e. The van der Waals surface area contributed by atoms with Crippen LogP contribution in [0.3, 0.4) is 0 Å². The summed E-state index contributed by atoms with van der Waals surface area (Å²) in [6.07, 6.45) is 0.636. The first kappa shape index (κ1) is 11.5. The number of benzene rings is 1. The molecule has 0 atom stereocenters. The van der Waals surface area contributed by atoms with Gasteiger partial charge in [0.1, 0.15) is 0 Å². The number of nitrogens with zero attached hydrogens (tertiary/aromatic N) is 1. The van der Waals surface area contributed by atoms with Gasteiger partial charge >= 0.3 is 0 Å². The van der Waals surface area contributed by atoms with Crippen LogP contribution < -0.4 is 10.8 Å². The van der Waals surface area contributed by atoms with Crippen molar-refractivity contribution in [1.29, 1.82) is 0 Å². The van der Waals surface area contributed by atoms with Crippen LogP contribution in [0.1, 0.15) is 20.8 Å². The molecule has 4 heteroatoms. The lowest BCUT2D eigenvalue weighted by Crippen LogP contribution is -2.32. The van der Waals surface area contributed by atoms with Crippen LogP contribution in [-0.4, -0.2) is 12.0 Å². The van der Waals surface area contributed by atoms with Gasteiger partial charge in [0.15, 0.2) is 0 Å². The van der Waals surface area contributed by atoms with Crippen LogP contribution in [0.2, 0.25) is 0 Å². The van der Waals surface area contributed by atoms with Gasteiger partial charge < -0.3 is 5.73 Å². The molecule has 2 N–H and O–H groups in total. The Labute approximate surface area is 89.6 Å². The summed E-state index contributed by atoms with van der Waals surface area (Å²) in [4.78, 5) is 16.3. The molecule has 82 valence electrons. The highest BCUT2D eigenvalue weighted by atomic mass is 16.7. The average molecular weight is 208 g/mol. The maximum Gasteiger partial charge on any atom is 0.238 e. The van der Waals surface area contributed by atoms with Crippen molar-refractivity contribution in [2.24, 2.45) is 0 Å². The SMILES string of the molecule is CC(C)(C)ON(C=O)c1ccc(N)cc1. The van der Waals surface area contributed by atoms with Gasteiger partial charge in [-0.15, -0.1) is 0 Å². The smallest absolute Gasteiger partial charge is 0.238 e. The first-order chi connectivity index (χ1) is 6.92. The van der Waals surface area contributed by atoms with Crippen LogP contribution in [0.25, 0.3) is 0 Å². The molecule has 0 saturated carbocycles. The molecular weight excluding hydrogens is 192 g/mol. The maximum absolute atomic E-state index is 10.8. The molecule has 4 nitrogen and oxygen atoms in total. The number of carbonyl (C=O) groups is 1. The van der Waals surface area contributed by atoms with Crippen LogP contribution in [0, 0.1) is 0 Å². The Kier molecular flexibility index (Phi) is 3.31. The molecule has 1 aromatic carbocycles. The molecule has 0 bridgehead atoms. The summed E-state index contributed by atoms with van der Waals surface area (Å²) < 4.78 is 0. The molecule has 1 rings (SSSR count). The Hall–Kier alpha value is -1.55. The summed E-state index contributed by atoms with van der Waals surface area (Å²) in [7, 11) is 0. The monoisotopic (exact) mass is 208 g/mol. The van der Waals surface area contributed by atoms with Crippen molar-refractivity contribution in [2.45, 2.75) is 26.4 Å². The number of rotatable bonds is 3. The Morgan fingerprint density at radius 2 is 1.80 bits per heavy atom. The van der Waals surface area contributed by atoms with E-state index in [1.807, 2.05) is 20.8 Å². The number of nitrogen functional groups attached to an aromatic ring is 1. The second kappa shape index (κ2) is 4.31. The summed E-state index contributed by atoms with van der Waals surface area (Å²) in [6.45, 7) is 5.63. The molecular formula is C11H16N2O2. The summed E-state index contributed by atoms with van der Waals surface area (Å²) >= 11 is 0. The fourth-order valence-corrected chi connectivity index (χ4v) is 1.05. The van der Waals surface area contributed by atoms with E-state index in [9.17, 15) is 4.79 Å². The molecule has 1 aromatic rings. The van der Waals surface area contributed by atoms with Gasteiger partial charge in [0.05, 0.1) is 11.3 Å². The van der Waals surface area contributed by atoms with Crippen molar-refractivity contribution in [3.8, 4) is 0 Å². The van der Waals surface area contributed by atoms with Crippen LogP contribution in [0.15, 0.2) is 24.3 Å². The molecule has 0 aliphatic carbocycles. The second-order valence-electron chi connectivity index (χ2n) is 4.23. The van der Waals surface area contributed by atoms with E-state index < -0.39 is 5.60 Å². The number of nitrogens with two attached hydrogens (primary N) is 1. The number of carbonyl (C=O) groups excluding carboxylic acids is 1. The van der Waals surface area contributed by atoms with Crippen LogP contribution in [-0.2, 0) is 9.63 Å². The quantitative estimate of drug-likeness (QED) is 0.469. The van der Waals surface area contributed by atoms with Crippen molar-refractivity contribution < 1.29 is 9.63 Å². The highest BCUT2D eigenvalue weighted by Crippen LogP contribution is 2.19. The first-order valence-electron chi connectivity index (χ1n) is 4.71. The van der Waals surface area contributed by atoms with Gasteiger partial charge in [-0.1, -0.05) is 0 Å². The number of amides is 1. The lowest BCUT2D eigenvalue weighted by molar-refractivity contribution is -0.120. The van der Waals surface area contributed by atoms with E-state index in [0.29, 0.717) is 17.8 Å². The molecule has 0 heterocycles. The Morgan fingerprint density at radius 3 is 2.20 bits per heavy atom. The zero-order chi connectivity index (χ0) is 11.5. The van der Waals surface area contributed by atoms with Crippen LogP contribution in [0.5, 0.6) is 0 Å². The molecule has 0 aromatic heterocycles. The van der Waals surface area contributed by atoms with Crippen molar-refractivity contribution in [2.75, 3.05) is 10.8 Å². The topological polar surface area (TPSA) is 55.6 Å². The summed E-state index contributed by atoms with van der Waals surface area (Å²) in [5.74, 6) is 0. The molecule has 15 heavy (non-hydrogen) atoms. The molecule has 0 aliphatic heterocycles. The number of hydroxylamine groups is 1. The Balaban J connectivity index is 2.83. The van der Waals surface area contributed by atoms with E-state index in [2.05, 4.69) is 0 Å². The molecule has 1 amide bonds. The molecule has 0 aliphatic rings.